The number of piperidine rings is 1. The molecule has 0 bridgehead atoms. The van der Waals surface area contributed by atoms with Crippen LogP contribution >= 0.6 is 15.9 Å². The highest BCUT2D eigenvalue weighted by atomic mass is 79.9. The van der Waals surface area contributed by atoms with Crippen molar-refractivity contribution in [2.24, 2.45) is 7.05 Å². The number of nitrogens with zero attached hydrogens (tertiary/aromatic N) is 4. The molecule has 0 radical (unpaired) electrons. The maximum absolute atomic E-state index is 13.6. The van der Waals surface area contributed by atoms with Crippen LogP contribution in [0.15, 0.2) is 46.9 Å². The predicted molar refractivity (Wildman–Crippen MR) is 153 cm³/mol. The maximum atomic E-state index is 13.6. The van der Waals surface area contributed by atoms with E-state index in [-0.39, 0.29) is 11.9 Å². The fourth-order valence-corrected chi connectivity index (χ4v) is 6.04. The molecular formula is C29H34BrN5O3. The van der Waals surface area contributed by atoms with Gasteiger partial charge in [-0.25, -0.2) is 9.78 Å². The van der Waals surface area contributed by atoms with Gasteiger partial charge in [-0.2, -0.15) is 0 Å². The Bertz CT molecular complexity index is 1530. The van der Waals surface area contributed by atoms with Crippen molar-refractivity contribution in [2.45, 2.75) is 58.7 Å². The van der Waals surface area contributed by atoms with Gasteiger partial charge in [-0.05, 0) is 80.7 Å². The first-order chi connectivity index (χ1) is 18.1. The van der Waals surface area contributed by atoms with Gasteiger partial charge in [0.1, 0.15) is 5.60 Å². The zero-order valence-corrected chi connectivity index (χ0v) is 24.1. The summed E-state index contributed by atoms with van der Waals surface area (Å²) in [5.41, 5.74) is 3.92. The zero-order valence-electron chi connectivity index (χ0n) is 22.5. The molecular weight excluding hydrogens is 546 g/mol. The predicted octanol–water partition coefficient (Wildman–Crippen LogP) is 6.11. The molecule has 3 heterocycles. The second kappa shape index (κ2) is 10.1. The van der Waals surface area contributed by atoms with E-state index < -0.39 is 11.7 Å². The molecule has 9 heteroatoms. The number of ether oxygens (including phenoxy) is 1. The molecule has 1 aliphatic heterocycles. The van der Waals surface area contributed by atoms with Crippen molar-refractivity contribution >= 4 is 49.9 Å². The molecule has 200 valence electrons. The Morgan fingerprint density at radius 2 is 1.95 bits per heavy atom. The van der Waals surface area contributed by atoms with Crippen molar-refractivity contribution in [2.75, 3.05) is 13.1 Å². The fourth-order valence-electron chi connectivity index (χ4n) is 5.32. The number of likely N-dealkylation sites (tertiary alicyclic amines) is 1. The third-order valence-corrected chi connectivity index (χ3v) is 7.56. The molecule has 2 amide bonds. The number of amides is 2. The Morgan fingerprint density at radius 1 is 1.18 bits per heavy atom. The molecule has 8 nitrogen and oxygen atoms in total. The molecule has 5 rings (SSSR count). The van der Waals surface area contributed by atoms with Gasteiger partial charge in [0.2, 0.25) is 0 Å². The number of rotatable bonds is 4. The maximum Gasteiger partial charge on any atom is 0.407 e. The van der Waals surface area contributed by atoms with Crippen molar-refractivity contribution in [3.05, 3.63) is 52.5 Å². The molecule has 1 N–H and O–H groups in total. The number of hydrogen-bond donors (Lipinski definition) is 1. The highest BCUT2D eigenvalue weighted by Crippen LogP contribution is 2.33. The number of alkyl carbamates (subject to hydrolysis) is 1. The molecule has 0 spiro atoms. The van der Waals surface area contributed by atoms with Crippen LogP contribution in [0.25, 0.3) is 33.5 Å². The van der Waals surface area contributed by atoms with E-state index in [0.29, 0.717) is 18.7 Å². The monoisotopic (exact) mass is 579 g/mol. The summed E-state index contributed by atoms with van der Waals surface area (Å²) >= 11 is 3.71. The number of aryl methyl sites for hydroxylation is 2. The van der Waals surface area contributed by atoms with Crippen molar-refractivity contribution in [1.82, 2.24) is 24.3 Å². The van der Waals surface area contributed by atoms with Crippen LogP contribution < -0.4 is 5.32 Å². The number of hydrogen-bond acceptors (Lipinski definition) is 4. The molecule has 0 aliphatic carbocycles. The van der Waals surface area contributed by atoms with E-state index >= 15 is 0 Å². The van der Waals surface area contributed by atoms with Crippen LogP contribution in [-0.4, -0.2) is 55.8 Å². The van der Waals surface area contributed by atoms with Gasteiger partial charge in [-0.3, -0.25) is 4.79 Å². The van der Waals surface area contributed by atoms with E-state index in [1.54, 1.807) is 4.90 Å². The number of carbonyl (C=O) groups excluding carboxylic acids is 2. The fraction of sp³-hybridized carbons (Fsp3) is 0.414. The summed E-state index contributed by atoms with van der Waals surface area (Å²) in [4.78, 5) is 32.6. The molecule has 1 fully saturated rings. The minimum absolute atomic E-state index is 0.0711. The Labute approximate surface area is 231 Å². The Balaban J connectivity index is 1.43. The van der Waals surface area contributed by atoms with E-state index in [1.165, 1.54) is 10.9 Å². The molecule has 38 heavy (non-hydrogen) atoms. The van der Waals surface area contributed by atoms with Crippen LogP contribution in [-0.2, 0) is 18.3 Å². The molecule has 1 saturated heterocycles. The summed E-state index contributed by atoms with van der Waals surface area (Å²) in [7, 11) is 2.01. The van der Waals surface area contributed by atoms with Crippen LogP contribution in [0, 0.1) is 0 Å². The van der Waals surface area contributed by atoms with Gasteiger partial charge in [0.25, 0.3) is 5.91 Å². The smallest absolute Gasteiger partial charge is 0.407 e. The van der Waals surface area contributed by atoms with Crippen molar-refractivity contribution in [3.63, 3.8) is 0 Å². The van der Waals surface area contributed by atoms with Crippen molar-refractivity contribution < 1.29 is 14.3 Å². The molecule has 0 saturated carbocycles. The standard InChI is InChI=1S/C29H34BrN5O3/c1-6-35-23-12-8-7-10-18(23)16-24(35)26-32-22-15-19(14-21(30)25(22)33(26)5)27(36)34-13-9-11-20(17-34)31-28(37)38-29(2,3)4/h7-8,10,12,14-16,20H,6,9,11,13,17H2,1-5H3,(H,31,37)/t20-/m1/s1. The first kappa shape index (κ1) is 26.3. The molecule has 1 aliphatic rings. The van der Waals surface area contributed by atoms with E-state index in [1.807, 2.05) is 46.0 Å². The second-order valence-corrected chi connectivity index (χ2v) is 11.7. The van der Waals surface area contributed by atoms with Gasteiger partial charge >= 0.3 is 6.09 Å². The minimum atomic E-state index is -0.566. The van der Waals surface area contributed by atoms with E-state index in [0.717, 1.165) is 46.4 Å². The quantitative estimate of drug-likeness (QED) is 0.316. The molecule has 1 atom stereocenters. The first-order valence-electron chi connectivity index (χ1n) is 13.1. The highest BCUT2D eigenvalue weighted by Gasteiger charge is 2.28. The molecule has 2 aromatic heterocycles. The van der Waals surface area contributed by atoms with Crippen molar-refractivity contribution in [3.8, 4) is 11.5 Å². The molecule has 0 unspecified atom stereocenters. The minimum Gasteiger partial charge on any atom is -0.444 e. The number of imidazole rings is 1. The van der Waals surface area contributed by atoms with Crippen LogP contribution in [0.2, 0.25) is 0 Å². The lowest BCUT2D eigenvalue weighted by Crippen LogP contribution is -2.50. The summed E-state index contributed by atoms with van der Waals surface area (Å²) in [6.07, 6.45) is 1.16. The van der Waals surface area contributed by atoms with E-state index in [9.17, 15) is 9.59 Å². The van der Waals surface area contributed by atoms with Gasteiger partial charge in [0, 0.05) is 53.7 Å². The van der Waals surface area contributed by atoms with Crippen LogP contribution in [0.1, 0.15) is 50.9 Å². The third kappa shape index (κ3) is 5.04. The number of para-hydroxylation sites is 1. The largest absolute Gasteiger partial charge is 0.444 e. The Hall–Kier alpha value is -3.33. The van der Waals surface area contributed by atoms with E-state index in [4.69, 9.17) is 9.72 Å². The summed E-state index contributed by atoms with van der Waals surface area (Å²) in [5.74, 6) is 0.779. The number of fused-ring (bicyclic) bond motifs is 2. The number of halogens is 1. The summed E-state index contributed by atoms with van der Waals surface area (Å²) < 4.78 is 10.6. The Kier molecular flexibility index (Phi) is 6.98. The first-order valence-corrected chi connectivity index (χ1v) is 13.9. The van der Waals surface area contributed by atoms with Gasteiger partial charge in [-0.15, -0.1) is 0 Å². The Morgan fingerprint density at radius 3 is 2.68 bits per heavy atom. The average Bonchev–Trinajstić information content (AvgIpc) is 3.39. The van der Waals surface area contributed by atoms with Gasteiger partial charge < -0.3 is 24.1 Å². The second-order valence-electron chi connectivity index (χ2n) is 10.9. The highest BCUT2D eigenvalue weighted by molar-refractivity contribution is 9.10. The number of benzene rings is 2. The van der Waals surface area contributed by atoms with Crippen LogP contribution in [0.3, 0.4) is 0 Å². The summed E-state index contributed by atoms with van der Waals surface area (Å²) in [6.45, 7) is 9.55. The normalized spacial score (nSPS) is 16.3. The number of carbonyl (C=O) groups is 2. The molecule has 4 aromatic rings. The SMILES string of the molecule is CCn1c(-c2nc3cc(C(=O)N4CCC[C@@H](NC(=O)OC(C)(C)C)C4)cc(Br)c3n2C)cc2ccccc21. The lowest BCUT2D eigenvalue weighted by molar-refractivity contribution is 0.0452. The number of aromatic nitrogens is 3. The zero-order chi connectivity index (χ0) is 27.2. The summed E-state index contributed by atoms with van der Waals surface area (Å²) in [5, 5.41) is 4.09. The lowest BCUT2D eigenvalue weighted by atomic mass is 10.0. The van der Waals surface area contributed by atoms with Gasteiger partial charge in [0.15, 0.2) is 5.82 Å². The van der Waals surface area contributed by atoms with Gasteiger partial charge in [0.05, 0.1) is 16.7 Å². The van der Waals surface area contributed by atoms with Gasteiger partial charge in [-0.1, -0.05) is 18.2 Å². The lowest BCUT2D eigenvalue weighted by Gasteiger charge is -2.33. The number of nitrogens with one attached hydrogen (secondary N) is 1. The van der Waals surface area contributed by atoms with Crippen LogP contribution in [0.4, 0.5) is 4.79 Å². The summed E-state index contributed by atoms with van der Waals surface area (Å²) in [6, 6.07) is 14.1. The topological polar surface area (TPSA) is 81.4 Å². The molecule has 2 aromatic carbocycles. The van der Waals surface area contributed by atoms with E-state index in [2.05, 4.69) is 61.6 Å². The third-order valence-electron chi connectivity index (χ3n) is 6.96. The average molecular weight is 581 g/mol. The van der Waals surface area contributed by atoms with Crippen molar-refractivity contribution in [1.29, 1.82) is 0 Å². The van der Waals surface area contributed by atoms with Crippen LogP contribution in [0.5, 0.6) is 0 Å².